The highest BCUT2D eigenvalue weighted by atomic mass is 79.9. The molecule has 0 amide bonds. The minimum absolute atomic E-state index is 0.442. The van der Waals surface area contributed by atoms with Crippen molar-refractivity contribution in [2.45, 2.75) is 32.2 Å². The van der Waals surface area contributed by atoms with E-state index >= 15 is 0 Å². The molecule has 0 aliphatic heterocycles. The molecule has 1 atom stereocenters. The van der Waals surface area contributed by atoms with Crippen molar-refractivity contribution in [1.29, 1.82) is 0 Å². The topological polar surface area (TPSA) is 12.0 Å². The van der Waals surface area contributed by atoms with Crippen LogP contribution in [0.1, 0.15) is 37.8 Å². The predicted octanol–water partition coefficient (Wildman–Crippen LogP) is 4.66. The van der Waals surface area contributed by atoms with Crippen molar-refractivity contribution in [3.8, 4) is 0 Å². The summed E-state index contributed by atoms with van der Waals surface area (Å²) in [7, 11) is 2.02. The van der Waals surface area contributed by atoms with Crippen LogP contribution in [-0.2, 0) is 0 Å². The fourth-order valence-corrected chi connectivity index (χ4v) is 2.55. The summed E-state index contributed by atoms with van der Waals surface area (Å²) in [6, 6.07) is 6.77. The zero-order chi connectivity index (χ0) is 11.3. The van der Waals surface area contributed by atoms with Crippen LogP contribution in [0.15, 0.2) is 27.1 Å². The van der Waals surface area contributed by atoms with Gasteiger partial charge in [0.25, 0.3) is 0 Å². The number of hydrogen-bond donors (Lipinski definition) is 1. The lowest BCUT2D eigenvalue weighted by molar-refractivity contribution is 0.521. The third-order valence-electron chi connectivity index (χ3n) is 2.53. The molecule has 1 nitrogen and oxygen atoms in total. The van der Waals surface area contributed by atoms with Gasteiger partial charge in [0.15, 0.2) is 0 Å². The number of nitrogens with one attached hydrogen (secondary N) is 1. The largest absolute Gasteiger partial charge is 0.313 e. The molecule has 84 valence electrons. The molecule has 0 aromatic heterocycles. The van der Waals surface area contributed by atoms with Crippen LogP contribution in [0.3, 0.4) is 0 Å². The van der Waals surface area contributed by atoms with Gasteiger partial charge in [0.2, 0.25) is 0 Å². The molecule has 1 aromatic carbocycles. The van der Waals surface area contributed by atoms with Crippen LogP contribution in [-0.4, -0.2) is 7.05 Å². The van der Waals surface area contributed by atoms with Crippen LogP contribution >= 0.6 is 31.9 Å². The Kier molecular flexibility index (Phi) is 5.87. The maximum Gasteiger partial charge on any atom is 0.0329 e. The maximum absolute atomic E-state index is 3.60. The van der Waals surface area contributed by atoms with Gasteiger partial charge in [-0.3, -0.25) is 0 Å². The van der Waals surface area contributed by atoms with Gasteiger partial charge in [-0.05, 0) is 37.2 Å². The van der Waals surface area contributed by atoms with E-state index in [0.717, 1.165) is 4.47 Å². The first kappa shape index (κ1) is 13.2. The normalized spacial score (nSPS) is 12.8. The maximum atomic E-state index is 3.60. The molecule has 0 fully saturated rings. The Morgan fingerprint density at radius 2 is 2.07 bits per heavy atom. The number of benzene rings is 1. The van der Waals surface area contributed by atoms with Gasteiger partial charge in [0.05, 0.1) is 0 Å². The lowest BCUT2D eigenvalue weighted by Crippen LogP contribution is -2.16. The highest BCUT2D eigenvalue weighted by molar-refractivity contribution is 9.11. The van der Waals surface area contributed by atoms with Gasteiger partial charge < -0.3 is 5.32 Å². The first-order chi connectivity index (χ1) is 7.19. The van der Waals surface area contributed by atoms with E-state index in [1.54, 1.807) is 0 Å². The van der Waals surface area contributed by atoms with E-state index in [1.807, 2.05) is 7.05 Å². The van der Waals surface area contributed by atoms with E-state index in [9.17, 15) is 0 Å². The van der Waals surface area contributed by atoms with Crippen LogP contribution in [0.25, 0.3) is 0 Å². The van der Waals surface area contributed by atoms with E-state index in [2.05, 4.69) is 62.3 Å². The highest BCUT2D eigenvalue weighted by Crippen LogP contribution is 2.29. The summed E-state index contributed by atoms with van der Waals surface area (Å²) in [5.74, 6) is 0. The molecule has 0 heterocycles. The molecule has 1 rings (SSSR count). The summed E-state index contributed by atoms with van der Waals surface area (Å²) in [6.45, 7) is 2.22. The molecular formula is C12H17Br2N. The summed E-state index contributed by atoms with van der Waals surface area (Å²) >= 11 is 7.12. The number of hydrogen-bond acceptors (Lipinski definition) is 1. The molecule has 0 saturated carbocycles. The minimum Gasteiger partial charge on any atom is -0.313 e. The first-order valence-corrected chi connectivity index (χ1v) is 6.89. The summed E-state index contributed by atoms with van der Waals surface area (Å²) in [5.41, 5.74) is 1.33. The highest BCUT2D eigenvalue weighted by Gasteiger charge is 2.12. The summed E-state index contributed by atoms with van der Waals surface area (Å²) in [6.07, 6.45) is 3.68. The van der Waals surface area contributed by atoms with Crippen LogP contribution in [0, 0.1) is 0 Å². The van der Waals surface area contributed by atoms with Crippen molar-refractivity contribution < 1.29 is 0 Å². The minimum atomic E-state index is 0.442. The van der Waals surface area contributed by atoms with Gasteiger partial charge in [0, 0.05) is 15.0 Å². The lowest BCUT2D eigenvalue weighted by Gasteiger charge is -2.18. The smallest absolute Gasteiger partial charge is 0.0329 e. The molecule has 1 unspecified atom stereocenters. The van der Waals surface area contributed by atoms with E-state index < -0.39 is 0 Å². The predicted molar refractivity (Wildman–Crippen MR) is 73.2 cm³/mol. The molecule has 0 bridgehead atoms. The van der Waals surface area contributed by atoms with Gasteiger partial charge in [-0.1, -0.05) is 51.6 Å². The quantitative estimate of drug-likeness (QED) is 0.825. The summed E-state index contributed by atoms with van der Waals surface area (Å²) in [4.78, 5) is 0. The second kappa shape index (κ2) is 6.66. The van der Waals surface area contributed by atoms with Crippen LogP contribution < -0.4 is 5.32 Å². The van der Waals surface area contributed by atoms with Crippen molar-refractivity contribution in [2.24, 2.45) is 0 Å². The molecule has 0 aliphatic carbocycles. The first-order valence-electron chi connectivity index (χ1n) is 5.31. The fraction of sp³-hybridized carbons (Fsp3) is 0.500. The standard InChI is InChI=1S/C12H17Br2N/c1-3-4-5-12(15-2)10-8-9(13)6-7-11(10)14/h6-8,12,15H,3-5H2,1-2H3. The fourth-order valence-electron chi connectivity index (χ4n) is 1.65. The van der Waals surface area contributed by atoms with E-state index in [4.69, 9.17) is 0 Å². The Morgan fingerprint density at radius 1 is 1.33 bits per heavy atom. The average molecular weight is 335 g/mol. The summed E-state index contributed by atoms with van der Waals surface area (Å²) < 4.78 is 2.32. The Bertz CT molecular complexity index is 312. The molecule has 1 aromatic rings. The van der Waals surface area contributed by atoms with Gasteiger partial charge in [0.1, 0.15) is 0 Å². The van der Waals surface area contributed by atoms with Gasteiger partial charge in [-0.15, -0.1) is 0 Å². The van der Waals surface area contributed by atoms with Crippen LogP contribution in [0.5, 0.6) is 0 Å². The number of halogens is 2. The second-order valence-corrected chi connectivity index (χ2v) is 5.42. The lowest BCUT2D eigenvalue weighted by atomic mass is 10.0. The van der Waals surface area contributed by atoms with Gasteiger partial charge in [-0.2, -0.15) is 0 Å². The third kappa shape index (κ3) is 3.89. The Labute approximate surface area is 109 Å². The zero-order valence-electron chi connectivity index (χ0n) is 9.19. The van der Waals surface area contributed by atoms with Crippen molar-refractivity contribution in [3.63, 3.8) is 0 Å². The molecule has 0 saturated heterocycles. The molecule has 15 heavy (non-hydrogen) atoms. The van der Waals surface area contributed by atoms with Crippen LogP contribution in [0.2, 0.25) is 0 Å². The molecule has 0 radical (unpaired) electrons. The molecule has 1 N–H and O–H groups in total. The van der Waals surface area contributed by atoms with Gasteiger partial charge >= 0.3 is 0 Å². The molecule has 0 aliphatic rings. The Morgan fingerprint density at radius 3 is 2.67 bits per heavy atom. The zero-order valence-corrected chi connectivity index (χ0v) is 12.4. The third-order valence-corrected chi connectivity index (χ3v) is 3.74. The number of rotatable bonds is 5. The van der Waals surface area contributed by atoms with E-state index in [0.29, 0.717) is 6.04 Å². The number of unbranched alkanes of at least 4 members (excludes halogenated alkanes) is 1. The van der Waals surface area contributed by atoms with Crippen LogP contribution in [0.4, 0.5) is 0 Å². The molecule has 3 heteroatoms. The van der Waals surface area contributed by atoms with E-state index in [1.165, 1.54) is 29.3 Å². The average Bonchev–Trinajstić information content (AvgIpc) is 2.24. The summed E-state index contributed by atoms with van der Waals surface area (Å²) in [5, 5.41) is 3.37. The van der Waals surface area contributed by atoms with Crippen molar-refractivity contribution in [3.05, 3.63) is 32.7 Å². The Hall–Kier alpha value is 0.140. The molecular weight excluding hydrogens is 318 g/mol. The SMILES string of the molecule is CCCCC(NC)c1cc(Br)ccc1Br. The van der Waals surface area contributed by atoms with Crippen molar-refractivity contribution >= 4 is 31.9 Å². The molecule has 0 spiro atoms. The monoisotopic (exact) mass is 333 g/mol. The van der Waals surface area contributed by atoms with Crippen molar-refractivity contribution in [2.75, 3.05) is 7.05 Å². The second-order valence-electron chi connectivity index (χ2n) is 3.65. The van der Waals surface area contributed by atoms with E-state index in [-0.39, 0.29) is 0 Å². The Balaban J connectivity index is 2.85. The van der Waals surface area contributed by atoms with Gasteiger partial charge in [-0.25, -0.2) is 0 Å². The van der Waals surface area contributed by atoms with Crippen molar-refractivity contribution in [1.82, 2.24) is 5.32 Å².